The van der Waals surface area contributed by atoms with Gasteiger partial charge in [0.15, 0.2) is 11.6 Å². The zero-order chi connectivity index (χ0) is 18.9. The molecule has 26 heavy (non-hydrogen) atoms. The smallest absolute Gasteiger partial charge is 0.167 e. The zero-order valence-corrected chi connectivity index (χ0v) is 14.6. The second-order valence-corrected chi connectivity index (χ2v) is 5.37. The average molecular weight is 350 g/mol. The fourth-order valence-electron chi connectivity index (χ4n) is 2.03. The Morgan fingerprint density at radius 3 is 2.85 bits per heavy atom. The predicted octanol–water partition coefficient (Wildman–Crippen LogP) is 3.04. The number of anilines is 1. The molecule has 1 aromatic heterocycles. The number of hydrogen-bond donors (Lipinski definition) is 2. The van der Waals surface area contributed by atoms with Gasteiger partial charge in [0.2, 0.25) is 0 Å². The van der Waals surface area contributed by atoms with E-state index in [9.17, 15) is 9.18 Å². The molecular weight excluding hydrogens is 331 g/mol. The lowest BCUT2D eigenvalue weighted by atomic mass is 10.1. The van der Waals surface area contributed by atoms with E-state index in [1.807, 2.05) is 19.9 Å². The van der Waals surface area contributed by atoms with Crippen molar-refractivity contribution in [2.45, 2.75) is 13.8 Å². The number of carbonyl (C=O) groups is 1. The maximum Gasteiger partial charge on any atom is 0.167 e. The molecule has 0 radical (unpaired) electrons. The molecule has 0 saturated carbocycles. The van der Waals surface area contributed by atoms with Crippen molar-refractivity contribution < 1.29 is 9.18 Å². The summed E-state index contributed by atoms with van der Waals surface area (Å²) in [5, 5.41) is 2.77. The molecule has 132 valence electrons. The first-order valence-electron chi connectivity index (χ1n) is 7.99. The van der Waals surface area contributed by atoms with Crippen molar-refractivity contribution in [3.8, 4) is 11.8 Å². The van der Waals surface area contributed by atoms with Crippen LogP contribution in [0.1, 0.15) is 34.0 Å². The molecule has 0 amide bonds. The third-order valence-electron chi connectivity index (χ3n) is 3.44. The van der Waals surface area contributed by atoms with Crippen LogP contribution in [0, 0.1) is 24.6 Å². The molecular formula is C20H19FN4O. The number of nitrogens with zero attached hydrogens (tertiary/aromatic N) is 2. The van der Waals surface area contributed by atoms with E-state index in [1.165, 1.54) is 24.7 Å². The Kier molecular flexibility index (Phi) is 6.63. The van der Waals surface area contributed by atoms with E-state index >= 15 is 0 Å². The fraction of sp³-hybridized carbons (Fsp3) is 0.150. The van der Waals surface area contributed by atoms with Crippen LogP contribution in [-0.4, -0.2) is 24.0 Å². The van der Waals surface area contributed by atoms with Crippen molar-refractivity contribution in [3.05, 3.63) is 70.4 Å². The molecule has 0 aliphatic carbocycles. The van der Waals surface area contributed by atoms with E-state index in [2.05, 4.69) is 27.1 Å². The summed E-state index contributed by atoms with van der Waals surface area (Å²) in [5.41, 5.74) is 8.52. The molecule has 1 heterocycles. The molecule has 0 aliphatic heterocycles. The summed E-state index contributed by atoms with van der Waals surface area (Å²) in [7, 11) is 0. The van der Waals surface area contributed by atoms with Crippen LogP contribution in [0.2, 0.25) is 0 Å². The summed E-state index contributed by atoms with van der Waals surface area (Å²) in [6, 6.07) is 6.52. The molecule has 0 unspecified atom stereocenters. The van der Waals surface area contributed by atoms with Crippen LogP contribution in [0.15, 0.2) is 47.4 Å². The first-order chi connectivity index (χ1) is 12.6. The van der Waals surface area contributed by atoms with E-state index in [4.69, 9.17) is 5.73 Å². The lowest BCUT2D eigenvalue weighted by molar-refractivity contribution is 0.112. The molecule has 1 aromatic carbocycles. The predicted molar refractivity (Wildman–Crippen MR) is 102 cm³/mol. The molecule has 2 rings (SSSR count). The van der Waals surface area contributed by atoms with Gasteiger partial charge in [-0.05, 0) is 31.5 Å². The highest BCUT2D eigenvalue weighted by Gasteiger charge is 2.05. The van der Waals surface area contributed by atoms with Crippen LogP contribution < -0.4 is 11.1 Å². The van der Waals surface area contributed by atoms with Crippen molar-refractivity contribution >= 4 is 18.3 Å². The van der Waals surface area contributed by atoms with Crippen LogP contribution in [0.5, 0.6) is 0 Å². The Bertz CT molecular complexity index is 923. The minimum atomic E-state index is -0.556. The number of hydrogen-bond acceptors (Lipinski definition) is 5. The highest BCUT2D eigenvalue weighted by Crippen LogP contribution is 2.14. The fourth-order valence-corrected chi connectivity index (χ4v) is 2.03. The molecule has 2 aromatic rings. The molecule has 0 bridgehead atoms. The van der Waals surface area contributed by atoms with E-state index in [0.29, 0.717) is 28.9 Å². The first-order valence-corrected chi connectivity index (χ1v) is 7.99. The Morgan fingerprint density at radius 1 is 1.38 bits per heavy atom. The topological polar surface area (TPSA) is 80.4 Å². The number of carbonyl (C=O) groups excluding carboxylic acids is 1. The summed E-state index contributed by atoms with van der Waals surface area (Å²) in [6.07, 6.45) is 5.02. The lowest BCUT2D eigenvalue weighted by Crippen LogP contribution is -2.07. The lowest BCUT2D eigenvalue weighted by Gasteiger charge is -2.06. The normalized spacial score (nSPS) is 11.1. The van der Waals surface area contributed by atoms with Crippen molar-refractivity contribution in [1.29, 1.82) is 0 Å². The van der Waals surface area contributed by atoms with Gasteiger partial charge >= 0.3 is 0 Å². The second-order valence-electron chi connectivity index (χ2n) is 5.37. The number of aliphatic imine (C=N–C) groups is 1. The molecule has 0 aliphatic rings. The maximum absolute atomic E-state index is 14.2. The molecule has 0 atom stereocenters. The minimum absolute atomic E-state index is 0.0361. The van der Waals surface area contributed by atoms with Crippen molar-refractivity contribution in [3.63, 3.8) is 0 Å². The quantitative estimate of drug-likeness (QED) is 0.493. The number of rotatable bonds is 5. The van der Waals surface area contributed by atoms with Gasteiger partial charge in [0, 0.05) is 41.8 Å². The van der Waals surface area contributed by atoms with E-state index in [1.54, 1.807) is 12.1 Å². The Balaban J connectivity index is 2.23. The van der Waals surface area contributed by atoms with Crippen LogP contribution in [-0.2, 0) is 0 Å². The van der Waals surface area contributed by atoms with Crippen molar-refractivity contribution in [2.75, 3.05) is 11.9 Å². The van der Waals surface area contributed by atoms with Crippen LogP contribution >= 0.6 is 0 Å². The summed E-state index contributed by atoms with van der Waals surface area (Å²) in [6.45, 7) is 4.36. The SMILES string of the molecule is CCN=CC(=CN)Nc1ncc(C#Cc2cc(C=O)ccc2C)cc1F. The summed E-state index contributed by atoms with van der Waals surface area (Å²) in [4.78, 5) is 18.9. The number of halogens is 1. The zero-order valence-electron chi connectivity index (χ0n) is 14.6. The van der Waals surface area contributed by atoms with Gasteiger partial charge in [-0.3, -0.25) is 9.79 Å². The summed E-state index contributed by atoms with van der Waals surface area (Å²) < 4.78 is 14.2. The number of nitrogens with one attached hydrogen (secondary N) is 1. The van der Waals surface area contributed by atoms with Gasteiger partial charge in [0.25, 0.3) is 0 Å². The van der Waals surface area contributed by atoms with Crippen LogP contribution in [0.3, 0.4) is 0 Å². The number of aldehydes is 1. The second kappa shape index (κ2) is 9.14. The van der Waals surface area contributed by atoms with Crippen LogP contribution in [0.4, 0.5) is 10.2 Å². The van der Waals surface area contributed by atoms with E-state index in [-0.39, 0.29) is 5.82 Å². The van der Waals surface area contributed by atoms with Crippen LogP contribution in [0.25, 0.3) is 0 Å². The Hall–Kier alpha value is -3.46. The molecule has 5 nitrogen and oxygen atoms in total. The van der Waals surface area contributed by atoms with Gasteiger partial charge in [-0.15, -0.1) is 0 Å². The van der Waals surface area contributed by atoms with Gasteiger partial charge in [-0.1, -0.05) is 24.0 Å². The summed E-state index contributed by atoms with van der Waals surface area (Å²) in [5.74, 6) is 5.28. The summed E-state index contributed by atoms with van der Waals surface area (Å²) >= 11 is 0. The molecule has 0 saturated heterocycles. The third kappa shape index (κ3) is 5.02. The van der Waals surface area contributed by atoms with Crippen molar-refractivity contribution in [1.82, 2.24) is 4.98 Å². The van der Waals surface area contributed by atoms with Gasteiger partial charge < -0.3 is 11.1 Å². The number of nitrogens with two attached hydrogens (primary N) is 1. The third-order valence-corrected chi connectivity index (χ3v) is 3.44. The molecule has 0 fully saturated rings. The highest BCUT2D eigenvalue weighted by molar-refractivity contribution is 5.82. The number of pyridine rings is 1. The van der Waals surface area contributed by atoms with Gasteiger partial charge in [0.05, 0.1) is 5.70 Å². The molecule has 6 heteroatoms. The number of benzene rings is 1. The molecule has 0 spiro atoms. The number of allylic oxidation sites excluding steroid dienone is 1. The number of aromatic nitrogens is 1. The Labute approximate surface area is 151 Å². The maximum atomic E-state index is 14.2. The largest absolute Gasteiger partial charge is 0.403 e. The molecule has 3 N–H and O–H groups in total. The van der Waals surface area contributed by atoms with Gasteiger partial charge in [0.1, 0.15) is 6.29 Å². The van der Waals surface area contributed by atoms with Crippen molar-refractivity contribution in [2.24, 2.45) is 10.7 Å². The average Bonchev–Trinajstić information content (AvgIpc) is 2.66. The standard InChI is InChI=1S/C20H19FN4O/c1-3-23-12-18(10-22)25-20-19(21)9-15(11-24-20)6-7-17-8-16(13-26)5-4-14(17)2/h4-5,8-13H,3,22H2,1-2H3,(H,24,25). The van der Waals surface area contributed by atoms with E-state index in [0.717, 1.165) is 11.8 Å². The van der Waals surface area contributed by atoms with Gasteiger partial charge in [-0.2, -0.15) is 0 Å². The highest BCUT2D eigenvalue weighted by atomic mass is 19.1. The first kappa shape index (κ1) is 18.9. The van der Waals surface area contributed by atoms with Gasteiger partial charge in [-0.25, -0.2) is 9.37 Å². The van der Waals surface area contributed by atoms with E-state index < -0.39 is 5.82 Å². The Morgan fingerprint density at radius 2 is 2.19 bits per heavy atom. The monoisotopic (exact) mass is 350 g/mol. The number of aryl methyl sites for hydroxylation is 1. The minimum Gasteiger partial charge on any atom is -0.403 e.